The summed E-state index contributed by atoms with van der Waals surface area (Å²) in [5.74, 6) is -37.0. The van der Waals surface area contributed by atoms with Gasteiger partial charge >= 0.3 is 35.8 Å². The van der Waals surface area contributed by atoms with Gasteiger partial charge < -0.3 is 4.74 Å². The topological polar surface area (TPSA) is 9.23 Å². The third-order valence-corrected chi connectivity index (χ3v) is 4.67. The molecule has 0 N–H and O–H groups in total. The molecular formula is C17H15F13O. The Kier molecular flexibility index (Phi) is 6.78. The number of methoxy groups -OCH3 is 1. The van der Waals surface area contributed by atoms with E-state index in [0.29, 0.717) is 19.6 Å². The van der Waals surface area contributed by atoms with Crippen LogP contribution in [0.1, 0.15) is 24.5 Å². The largest absolute Gasteiger partial charge is 0.460 e. The van der Waals surface area contributed by atoms with Crippen molar-refractivity contribution in [3.05, 3.63) is 35.4 Å². The van der Waals surface area contributed by atoms with Gasteiger partial charge in [-0.2, -0.15) is 57.1 Å². The van der Waals surface area contributed by atoms with Crippen LogP contribution in [0.2, 0.25) is 0 Å². The lowest BCUT2D eigenvalue weighted by Crippen LogP contribution is -2.70. The first-order valence-electron chi connectivity index (χ1n) is 8.10. The average molecular weight is 482 g/mol. The SMILES string of the molecule is COC(C)(CC(F)(F)C(F)(F)C(F)(F)C(F)(F)C(F)(F)C(F)(F)F)c1ccc(C)cc1. The smallest absolute Gasteiger partial charge is 0.374 e. The summed E-state index contributed by atoms with van der Waals surface area (Å²) in [6.07, 6.45) is -9.90. The van der Waals surface area contributed by atoms with Gasteiger partial charge in [0.05, 0.1) is 12.0 Å². The molecule has 0 spiro atoms. The van der Waals surface area contributed by atoms with Gasteiger partial charge in [-0.25, -0.2) is 0 Å². The minimum absolute atomic E-state index is 0.313. The fraction of sp³-hybridized carbons (Fsp3) is 0.647. The zero-order valence-corrected chi connectivity index (χ0v) is 15.8. The molecule has 180 valence electrons. The number of halogens is 13. The van der Waals surface area contributed by atoms with Crippen LogP contribution >= 0.6 is 0 Å². The molecule has 0 aliphatic rings. The summed E-state index contributed by atoms with van der Waals surface area (Å²) in [7, 11) is 0.679. The molecule has 0 saturated heterocycles. The zero-order valence-electron chi connectivity index (χ0n) is 15.8. The molecule has 0 radical (unpaired) electrons. The van der Waals surface area contributed by atoms with Crippen molar-refractivity contribution in [1.82, 2.24) is 0 Å². The fourth-order valence-corrected chi connectivity index (χ4v) is 2.53. The van der Waals surface area contributed by atoms with Crippen molar-refractivity contribution < 1.29 is 61.8 Å². The van der Waals surface area contributed by atoms with Crippen LogP contribution in [0.15, 0.2) is 24.3 Å². The number of hydrogen-bond donors (Lipinski definition) is 0. The third kappa shape index (κ3) is 4.19. The highest BCUT2D eigenvalue weighted by Gasteiger charge is 2.90. The predicted octanol–water partition coefficient (Wildman–Crippen LogP) is 6.99. The van der Waals surface area contributed by atoms with Crippen molar-refractivity contribution in [2.75, 3.05) is 7.11 Å². The zero-order chi connectivity index (χ0) is 24.9. The first-order chi connectivity index (χ1) is 13.5. The van der Waals surface area contributed by atoms with Gasteiger partial charge in [-0.15, -0.1) is 0 Å². The lowest BCUT2D eigenvalue weighted by atomic mass is 9.84. The number of rotatable bonds is 8. The van der Waals surface area contributed by atoms with Crippen molar-refractivity contribution in [2.24, 2.45) is 0 Å². The Morgan fingerprint density at radius 3 is 1.39 bits per heavy atom. The van der Waals surface area contributed by atoms with E-state index in [0.717, 1.165) is 12.1 Å². The monoisotopic (exact) mass is 482 g/mol. The van der Waals surface area contributed by atoms with Crippen LogP contribution in [-0.4, -0.2) is 42.9 Å². The van der Waals surface area contributed by atoms with Gasteiger partial charge in [0.25, 0.3) is 0 Å². The van der Waals surface area contributed by atoms with E-state index in [9.17, 15) is 57.1 Å². The Bertz CT molecular complexity index is 767. The van der Waals surface area contributed by atoms with Gasteiger partial charge in [0, 0.05) is 7.11 Å². The molecule has 0 aromatic heterocycles. The minimum Gasteiger partial charge on any atom is -0.374 e. The first-order valence-corrected chi connectivity index (χ1v) is 8.10. The van der Waals surface area contributed by atoms with Gasteiger partial charge in [-0.1, -0.05) is 29.8 Å². The molecule has 0 amide bonds. The van der Waals surface area contributed by atoms with Crippen LogP contribution in [0.25, 0.3) is 0 Å². The molecule has 1 unspecified atom stereocenters. The Balaban J connectivity index is 3.49. The minimum atomic E-state index is -7.92. The molecule has 1 nitrogen and oxygen atoms in total. The Hall–Kier alpha value is -1.73. The maximum Gasteiger partial charge on any atom is 0.460 e. The van der Waals surface area contributed by atoms with E-state index in [1.807, 2.05) is 0 Å². The Labute approximate surface area is 167 Å². The van der Waals surface area contributed by atoms with E-state index < -0.39 is 47.8 Å². The first kappa shape index (κ1) is 27.3. The second kappa shape index (κ2) is 7.69. The van der Waals surface area contributed by atoms with E-state index in [-0.39, 0.29) is 5.56 Å². The summed E-state index contributed by atoms with van der Waals surface area (Å²) in [4.78, 5) is 0. The lowest BCUT2D eigenvalue weighted by Gasteiger charge is -2.42. The second-order valence-corrected chi connectivity index (χ2v) is 6.98. The maximum absolute atomic E-state index is 14.2. The van der Waals surface area contributed by atoms with Gasteiger partial charge in [0.2, 0.25) is 0 Å². The number of benzene rings is 1. The molecule has 1 aromatic rings. The molecule has 0 aliphatic carbocycles. The molecule has 0 saturated carbocycles. The maximum atomic E-state index is 14.2. The highest BCUT2D eigenvalue weighted by Crippen LogP contribution is 2.61. The van der Waals surface area contributed by atoms with E-state index in [2.05, 4.69) is 4.74 Å². The van der Waals surface area contributed by atoms with Gasteiger partial charge in [-0.05, 0) is 19.4 Å². The summed E-state index contributed by atoms with van der Waals surface area (Å²) in [6, 6.07) is 4.65. The number of aryl methyl sites for hydroxylation is 1. The molecule has 1 aromatic carbocycles. The summed E-state index contributed by atoms with van der Waals surface area (Å²) >= 11 is 0. The van der Waals surface area contributed by atoms with Gasteiger partial charge in [0.15, 0.2) is 0 Å². The lowest BCUT2D eigenvalue weighted by molar-refractivity contribution is -0.441. The molecule has 0 aliphatic heterocycles. The van der Waals surface area contributed by atoms with E-state index >= 15 is 0 Å². The van der Waals surface area contributed by atoms with Crippen LogP contribution in [-0.2, 0) is 10.3 Å². The quantitative estimate of drug-likeness (QED) is 0.363. The van der Waals surface area contributed by atoms with E-state index in [4.69, 9.17) is 0 Å². The highest BCUT2D eigenvalue weighted by molar-refractivity contribution is 5.27. The summed E-state index contributed by atoms with van der Waals surface area (Å²) < 4.78 is 177. The van der Waals surface area contributed by atoms with Gasteiger partial charge in [0.1, 0.15) is 0 Å². The molecule has 0 bridgehead atoms. The van der Waals surface area contributed by atoms with Crippen LogP contribution in [0.5, 0.6) is 0 Å². The van der Waals surface area contributed by atoms with Crippen molar-refractivity contribution in [3.8, 4) is 0 Å². The number of hydrogen-bond acceptors (Lipinski definition) is 1. The molecule has 0 fully saturated rings. The standard InChI is InChI=1S/C17H15F13O/c1-9-4-6-10(7-5-9)11(2,31-3)8-12(18,19)13(20,21)14(22,23)15(24,25)16(26,27)17(28,29)30/h4-7H,8H2,1-3H3. The summed E-state index contributed by atoms with van der Waals surface area (Å²) in [6.45, 7) is 2.21. The molecule has 1 rings (SSSR count). The van der Waals surface area contributed by atoms with E-state index in [1.165, 1.54) is 19.1 Å². The average Bonchev–Trinajstić information content (AvgIpc) is 2.60. The Morgan fingerprint density at radius 1 is 0.645 bits per heavy atom. The van der Waals surface area contributed by atoms with Crippen LogP contribution in [0.3, 0.4) is 0 Å². The molecule has 1 atom stereocenters. The van der Waals surface area contributed by atoms with Crippen LogP contribution in [0.4, 0.5) is 57.1 Å². The number of ether oxygens (including phenoxy) is 1. The van der Waals surface area contributed by atoms with Gasteiger partial charge in [-0.3, -0.25) is 0 Å². The highest BCUT2D eigenvalue weighted by atomic mass is 19.4. The summed E-state index contributed by atoms with van der Waals surface area (Å²) in [5.41, 5.74) is -2.31. The van der Waals surface area contributed by atoms with Crippen molar-refractivity contribution >= 4 is 0 Å². The molecule has 0 heterocycles. The molecule has 14 heteroatoms. The molecule has 31 heavy (non-hydrogen) atoms. The van der Waals surface area contributed by atoms with Crippen molar-refractivity contribution in [2.45, 2.75) is 61.7 Å². The van der Waals surface area contributed by atoms with Crippen molar-refractivity contribution in [3.63, 3.8) is 0 Å². The fourth-order valence-electron chi connectivity index (χ4n) is 2.53. The predicted molar refractivity (Wildman–Crippen MR) is 80.9 cm³/mol. The third-order valence-electron chi connectivity index (χ3n) is 4.67. The second-order valence-electron chi connectivity index (χ2n) is 6.98. The molecular weight excluding hydrogens is 467 g/mol. The normalized spacial score (nSPS) is 16.9. The summed E-state index contributed by atoms with van der Waals surface area (Å²) in [5, 5.41) is 0. The van der Waals surface area contributed by atoms with Crippen molar-refractivity contribution in [1.29, 1.82) is 0 Å². The van der Waals surface area contributed by atoms with E-state index in [1.54, 1.807) is 0 Å². The van der Waals surface area contributed by atoms with Crippen LogP contribution < -0.4 is 0 Å². The number of alkyl halides is 13. The van der Waals surface area contributed by atoms with Crippen LogP contribution in [0, 0.1) is 6.92 Å². The Morgan fingerprint density at radius 2 is 1.03 bits per heavy atom.